The maximum atomic E-state index is 13.1. The highest BCUT2D eigenvalue weighted by atomic mass is 19.1. The minimum Gasteiger partial charge on any atom is -0.261 e. The van der Waals surface area contributed by atoms with Crippen molar-refractivity contribution in [1.82, 2.24) is 4.98 Å². The first-order valence-electron chi connectivity index (χ1n) is 6.25. The molecule has 0 aliphatic rings. The van der Waals surface area contributed by atoms with Gasteiger partial charge in [0.15, 0.2) is 0 Å². The molecule has 0 aliphatic heterocycles. The zero-order valence-electron chi connectivity index (χ0n) is 11.4. The monoisotopic (exact) mass is 261 g/mol. The highest BCUT2D eigenvalue weighted by Gasteiger charge is 2.14. The molecule has 0 atom stereocenters. The van der Waals surface area contributed by atoms with E-state index >= 15 is 0 Å². The van der Waals surface area contributed by atoms with Crippen LogP contribution in [0.3, 0.4) is 0 Å². The molecule has 0 saturated carbocycles. The largest absolute Gasteiger partial charge is 0.261 e. The Kier molecular flexibility index (Phi) is 3.65. The standard InChI is InChI=1S/C16H17F2N/c1-16(2,3)12-4-5-19-15(9-12)8-11-6-13(17)10-14(18)7-11/h4-7,9-10H,8H2,1-3H3. The van der Waals surface area contributed by atoms with E-state index in [0.29, 0.717) is 12.0 Å². The number of hydrogen-bond donors (Lipinski definition) is 0. The highest BCUT2D eigenvalue weighted by Crippen LogP contribution is 2.23. The maximum absolute atomic E-state index is 13.1. The fourth-order valence-corrected chi connectivity index (χ4v) is 1.96. The van der Waals surface area contributed by atoms with Crippen LogP contribution >= 0.6 is 0 Å². The van der Waals surface area contributed by atoms with Crippen LogP contribution in [0.2, 0.25) is 0 Å². The van der Waals surface area contributed by atoms with Gasteiger partial charge in [-0.15, -0.1) is 0 Å². The Morgan fingerprint density at radius 2 is 1.63 bits per heavy atom. The number of aromatic nitrogens is 1. The summed E-state index contributed by atoms with van der Waals surface area (Å²) in [5.74, 6) is -1.11. The summed E-state index contributed by atoms with van der Waals surface area (Å²) in [5, 5.41) is 0. The second-order valence-electron chi connectivity index (χ2n) is 5.74. The van der Waals surface area contributed by atoms with Gasteiger partial charge in [0, 0.05) is 24.4 Å². The zero-order valence-corrected chi connectivity index (χ0v) is 11.4. The lowest BCUT2D eigenvalue weighted by molar-refractivity contribution is 0.579. The van der Waals surface area contributed by atoms with E-state index in [0.717, 1.165) is 17.3 Å². The van der Waals surface area contributed by atoms with E-state index in [1.807, 2.05) is 12.1 Å². The number of hydrogen-bond acceptors (Lipinski definition) is 1. The van der Waals surface area contributed by atoms with Crippen LogP contribution in [0.4, 0.5) is 8.78 Å². The lowest BCUT2D eigenvalue weighted by Gasteiger charge is -2.19. The highest BCUT2D eigenvalue weighted by molar-refractivity contribution is 5.28. The minimum atomic E-state index is -0.554. The molecule has 2 rings (SSSR count). The molecule has 2 aromatic rings. The number of halogens is 2. The van der Waals surface area contributed by atoms with E-state index in [9.17, 15) is 8.78 Å². The average Bonchev–Trinajstić information content (AvgIpc) is 2.26. The summed E-state index contributed by atoms with van der Waals surface area (Å²) in [6.45, 7) is 6.36. The summed E-state index contributed by atoms with van der Waals surface area (Å²) in [5.41, 5.74) is 2.60. The predicted octanol–water partition coefficient (Wildman–Crippen LogP) is 4.25. The molecule has 0 N–H and O–H groups in total. The van der Waals surface area contributed by atoms with E-state index in [1.54, 1.807) is 6.20 Å². The lowest BCUT2D eigenvalue weighted by atomic mass is 9.87. The normalized spacial score (nSPS) is 11.6. The van der Waals surface area contributed by atoms with Crippen molar-refractivity contribution >= 4 is 0 Å². The Morgan fingerprint density at radius 3 is 2.21 bits per heavy atom. The Hall–Kier alpha value is -1.77. The van der Waals surface area contributed by atoms with Crippen molar-refractivity contribution in [2.45, 2.75) is 32.6 Å². The second-order valence-corrected chi connectivity index (χ2v) is 5.74. The van der Waals surface area contributed by atoms with Gasteiger partial charge in [0.1, 0.15) is 11.6 Å². The predicted molar refractivity (Wildman–Crippen MR) is 72.1 cm³/mol. The van der Waals surface area contributed by atoms with E-state index in [-0.39, 0.29) is 5.41 Å². The van der Waals surface area contributed by atoms with Crippen molar-refractivity contribution in [1.29, 1.82) is 0 Å². The Balaban J connectivity index is 2.28. The maximum Gasteiger partial charge on any atom is 0.126 e. The first-order chi connectivity index (χ1) is 8.84. The average molecular weight is 261 g/mol. The van der Waals surface area contributed by atoms with Gasteiger partial charge in [0.25, 0.3) is 0 Å². The second kappa shape index (κ2) is 5.08. The van der Waals surface area contributed by atoms with E-state index < -0.39 is 11.6 Å². The summed E-state index contributed by atoms with van der Waals surface area (Å²) < 4.78 is 26.3. The first-order valence-corrected chi connectivity index (χ1v) is 6.25. The fourth-order valence-electron chi connectivity index (χ4n) is 1.96. The molecule has 1 aromatic heterocycles. The van der Waals surface area contributed by atoms with Crippen molar-refractivity contribution in [2.24, 2.45) is 0 Å². The van der Waals surface area contributed by atoms with Crippen LogP contribution in [0.15, 0.2) is 36.5 Å². The summed E-state index contributed by atoms with van der Waals surface area (Å²) in [6.07, 6.45) is 2.17. The van der Waals surface area contributed by atoms with Gasteiger partial charge in [0.2, 0.25) is 0 Å². The first kappa shape index (κ1) is 13.7. The molecule has 1 heterocycles. The van der Waals surface area contributed by atoms with Gasteiger partial charge in [0.05, 0.1) is 0 Å². The molecule has 0 saturated heterocycles. The molecule has 0 radical (unpaired) electrons. The molecule has 0 spiro atoms. The third kappa shape index (κ3) is 3.60. The van der Waals surface area contributed by atoms with Gasteiger partial charge in [-0.25, -0.2) is 8.78 Å². The quantitative estimate of drug-likeness (QED) is 0.787. The molecule has 0 unspecified atom stereocenters. The summed E-state index contributed by atoms with van der Waals surface area (Å²) in [7, 11) is 0. The SMILES string of the molecule is CC(C)(C)c1ccnc(Cc2cc(F)cc(F)c2)c1. The Labute approximate surface area is 112 Å². The van der Waals surface area contributed by atoms with E-state index in [4.69, 9.17) is 0 Å². The van der Waals surface area contributed by atoms with Crippen LogP contribution in [0.25, 0.3) is 0 Å². The van der Waals surface area contributed by atoms with E-state index in [1.165, 1.54) is 12.1 Å². The van der Waals surface area contributed by atoms with Crippen molar-refractivity contribution in [3.05, 3.63) is 65.0 Å². The van der Waals surface area contributed by atoms with Crippen LogP contribution in [-0.2, 0) is 11.8 Å². The van der Waals surface area contributed by atoms with Crippen molar-refractivity contribution in [3.8, 4) is 0 Å². The van der Waals surface area contributed by atoms with Gasteiger partial charge in [-0.05, 0) is 40.8 Å². The summed E-state index contributed by atoms with van der Waals surface area (Å²) in [6, 6.07) is 7.52. The smallest absolute Gasteiger partial charge is 0.126 e. The molecule has 1 nitrogen and oxygen atoms in total. The molecular formula is C16H17F2N. The molecule has 0 fully saturated rings. The lowest BCUT2D eigenvalue weighted by Crippen LogP contribution is -2.11. The summed E-state index contributed by atoms with van der Waals surface area (Å²) >= 11 is 0. The number of benzene rings is 1. The molecule has 0 aliphatic carbocycles. The van der Waals surface area contributed by atoms with Crippen LogP contribution in [0.1, 0.15) is 37.6 Å². The molecule has 0 bridgehead atoms. The minimum absolute atomic E-state index is 0.0326. The fraction of sp³-hybridized carbons (Fsp3) is 0.312. The molecule has 100 valence electrons. The Bertz CT molecular complexity index is 565. The molecular weight excluding hydrogens is 244 g/mol. The number of rotatable bonds is 2. The topological polar surface area (TPSA) is 12.9 Å². The Morgan fingerprint density at radius 1 is 1.00 bits per heavy atom. The molecule has 0 amide bonds. The van der Waals surface area contributed by atoms with Crippen LogP contribution in [-0.4, -0.2) is 4.98 Å². The van der Waals surface area contributed by atoms with Gasteiger partial charge in [-0.3, -0.25) is 4.98 Å². The van der Waals surface area contributed by atoms with Gasteiger partial charge < -0.3 is 0 Å². The van der Waals surface area contributed by atoms with Crippen LogP contribution in [0, 0.1) is 11.6 Å². The van der Waals surface area contributed by atoms with Gasteiger partial charge in [-0.1, -0.05) is 20.8 Å². The van der Waals surface area contributed by atoms with Crippen LogP contribution < -0.4 is 0 Å². The van der Waals surface area contributed by atoms with Crippen molar-refractivity contribution < 1.29 is 8.78 Å². The third-order valence-electron chi connectivity index (χ3n) is 2.99. The third-order valence-corrected chi connectivity index (χ3v) is 2.99. The molecule has 19 heavy (non-hydrogen) atoms. The van der Waals surface area contributed by atoms with Gasteiger partial charge >= 0.3 is 0 Å². The number of pyridine rings is 1. The van der Waals surface area contributed by atoms with Crippen molar-refractivity contribution in [3.63, 3.8) is 0 Å². The summed E-state index contributed by atoms with van der Waals surface area (Å²) in [4.78, 5) is 4.26. The molecule has 3 heteroatoms. The van der Waals surface area contributed by atoms with Crippen molar-refractivity contribution in [2.75, 3.05) is 0 Å². The number of nitrogens with zero attached hydrogens (tertiary/aromatic N) is 1. The zero-order chi connectivity index (χ0) is 14.0. The van der Waals surface area contributed by atoms with Gasteiger partial charge in [-0.2, -0.15) is 0 Å². The van der Waals surface area contributed by atoms with E-state index in [2.05, 4.69) is 25.8 Å². The molecule has 1 aromatic carbocycles. The van der Waals surface area contributed by atoms with Crippen LogP contribution in [0.5, 0.6) is 0 Å².